The van der Waals surface area contributed by atoms with Gasteiger partial charge in [-0.2, -0.15) is 0 Å². The van der Waals surface area contributed by atoms with Gasteiger partial charge in [0.2, 0.25) is 11.8 Å². The highest BCUT2D eigenvalue weighted by Crippen LogP contribution is 2.15. The molecule has 1 unspecified atom stereocenters. The first-order valence-electron chi connectivity index (χ1n) is 10.2. The molecule has 0 saturated carbocycles. The van der Waals surface area contributed by atoms with Crippen LogP contribution in [0.2, 0.25) is 0 Å². The molecule has 0 aromatic heterocycles. The number of carbonyl (C=O) groups excluding carboxylic acids is 2. The van der Waals surface area contributed by atoms with Crippen LogP contribution in [0.15, 0.2) is 42.5 Å². The molecular formula is C24H31FN2O2. The lowest BCUT2D eigenvalue weighted by Crippen LogP contribution is -2.48. The summed E-state index contributed by atoms with van der Waals surface area (Å²) in [5.41, 5.74) is 4.01. The first kappa shape index (κ1) is 22.6. The lowest BCUT2D eigenvalue weighted by molar-refractivity contribution is -0.140. The second-order valence-electron chi connectivity index (χ2n) is 7.56. The smallest absolute Gasteiger partial charge is 0.242 e. The van der Waals surface area contributed by atoms with Gasteiger partial charge < -0.3 is 10.2 Å². The third-order valence-electron chi connectivity index (χ3n) is 5.19. The van der Waals surface area contributed by atoms with E-state index in [0.717, 1.165) is 29.5 Å². The number of halogens is 1. The van der Waals surface area contributed by atoms with Crippen LogP contribution in [0.3, 0.4) is 0 Å². The largest absolute Gasteiger partial charge is 0.354 e. The second-order valence-corrected chi connectivity index (χ2v) is 7.56. The SMILES string of the molecule is CCCCNC(=O)C(C)N(Cc1ccc(F)cc1)C(=O)Cc1ccc(C)c(C)c1. The zero-order valence-electron chi connectivity index (χ0n) is 17.8. The molecule has 0 radical (unpaired) electrons. The fourth-order valence-electron chi connectivity index (χ4n) is 3.09. The maximum atomic E-state index is 13.3. The Hall–Kier alpha value is -2.69. The van der Waals surface area contributed by atoms with Crippen LogP contribution >= 0.6 is 0 Å². The van der Waals surface area contributed by atoms with E-state index in [4.69, 9.17) is 0 Å². The average molecular weight is 399 g/mol. The molecule has 1 atom stereocenters. The highest BCUT2D eigenvalue weighted by atomic mass is 19.1. The summed E-state index contributed by atoms with van der Waals surface area (Å²) in [5.74, 6) is -0.628. The quantitative estimate of drug-likeness (QED) is 0.640. The van der Waals surface area contributed by atoms with Crippen LogP contribution < -0.4 is 5.32 Å². The summed E-state index contributed by atoms with van der Waals surface area (Å²) in [6.07, 6.45) is 2.10. The van der Waals surface area contributed by atoms with E-state index in [1.54, 1.807) is 24.0 Å². The van der Waals surface area contributed by atoms with E-state index in [1.165, 1.54) is 17.7 Å². The van der Waals surface area contributed by atoms with Crippen molar-refractivity contribution in [3.05, 3.63) is 70.5 Å². The molecule has 0 saturated heterocycles. The normalized spacial score (nSPS) is 11.8. The van der Waals surface area contributed by atoms with Crippen LogP contribution in [0.1, 0.15) is 48.9 Å². The Morgan fingerprint density at radius 3 is 2.31 bits per heavy atom. The molecule has 2 amide bonds. The summed E-state index contributed by atoms with van der Waals surface area (Å²) in [6.45, 7) is 8.70. The molecule has 29 heavy (non-hydrogen) atoms. The standard InChI is InChI=1S/C24H31FN2O2/c1-5-6-13-26-24(29)19(4)27(16-20-9-11-22(25)12-10-20)23(28)15-21-8-7-17(2)18(3)14-21/h7-12,14,19H,5-6,13,15-16H2,1-4H3,(H,26,29). The predicted octanol–water partition coefficient (Wildman–Crippen LogP) is 4.32. The third-order valence-corrected chi connectivity index (χ3v) is 5.19. The average Bonchev–Trinajstić information content (AvgIpc) is 2.69. The molecule has 156 valence electrons. The van der Waals surface area contributed by atoms with Crippen molar-refractivity contribution >= 4 is 11.8 Å². The molecule has 2 aromatic rings. The number of nitrogens with one attached hydrogen (secondary N) is 1. The van der Waals surface area contributed by atoms with Crippen LogP contribution in [-0.2, 0) is 22.6 Å². The van der Waals surface area contributed by atoms with Crippen LogP contribution in [0.4, 0.5) is 4.39 Å². The number of hydrogen-bond acceptors (Lipinski definition) is 2. The summed E-state index contributed by atoms with van der Waals surface area (Å²) < 4.78 is 13.3. The summed E-state index contributed by atoms with van der Waals surface area (Å²) >= 11 is 0. The van der Waals surface area contributed by atoms with Crippen molar-refractivity contribution in [3.8, 4) is 0 Å². The molecule has 0 aliphatic rings. The molecule has 4 nitrogen and oxygen atoms in total. The number of hydrogen-bond donors (Lipinski definition) is 1. The topological polar surface area (TPSA) is 49.4 Å². The maximum absolute atomic E-state index is 13.3. The van der Waals surface area contributed by atoms with Crippen LogP contribution in [-0.4, -0.2) is 29.3 Å². The van der Waals surface area contributed by atoms with Crippen molar-refractivity contribution in [1.82, 2.24) is 10.2 Å². The number of carbonyl (C=O) groups is 2. The Balaban J connectivity index is 2.19. The van der Waals surface area contributed by atoms with E-state index in [9.17, 15) is 14.0 Å². The monoisotopic (exact) mass is 398 g/mol. The molecule has 2 rings (SSSR count). The van der Waals surface area contributed by atoms with Gasteiger partial charge in [-0.05, 0) is 61.6 Å². The van der Waals surface area contributed by atoms with Crippen molar-refractivity contribution in [3.63, 3.8) is 0 Å². The molecule has 0 spiro atoms. The van der Waals surface area contributed by atoms with Crippen molar-refractivity contribution in [2.75, 3.05) is 6.54 Å². The van der Waals surface area contributed by atoms with Gasteiger partial charge in [-0.15, -0.1) is 0 Å². The maximum Gasteiger partial charge on any atom is 0.242 e. The number of aryl methyl sites for hydroxylation is 2. The fraction of sp³-hybridized carbons (Fsp3) is 0.417. The highest BCUT2D eigenvalue weighted by Gasteiger charge is 2.26. The predicted molar refractivity (Wildman–Crippen MR) is 114 cm³/mol. The minimum atomic E-state index is -0.615. The van der Waals surface area contributed by atoms with E-state index < -0.39 is 6.04 Å². The van der Waals surface area contributed by atoms with Crippen molar-refractivity contribution in [1.29, 1.82) is 0 Å². The van der Waals surface area contributed by atoms with Gasteiger partial charge >= 0.3 is 0 Å². The van der Waals surface area contributed by atoms with Crippen molar-refractivity contribution in [2.24, 2.45) is 0 Å². The molecular weight excluding hydrogens is 367 g/mol. The molecule has 0 aliphatic carbocycles. The van der Waals surface area contributed by atoms with Crippen molar-refractivity contribution < 1.29 is 14.0 Å². The minimum absolute atomic E-state index is 0.129. The molecule has 5 heteroatoms. The second kappa shape index (κ2) is 10.7. The summed E-state index contributed by atoms with van der Waals surface area (Å²) in [5, 5.41) is 2.90. The summed E-state index contributed by atoms with van der Waals surface area (Å²) in [4.78, 5) is 27.3. The molecule has 0 heterocycles. The van der Waals surface area contributed by atoms with Gasteiger partial charge in [0, 0.05) is 13.1 Å². The lowest BCUT2D eigenvalue weighted by Gasteiger charge is -2.29. The lowest BCUT2D eigenvalue weighted by atomic mass is 10.0. The Morgan fingerprint density at radius 2 is 1.69 bits per heavy atom. The molecule has 2 aromatic carbocycles. The Labute approximate surface area is 173 Å². The van der Waals surface area contributed by atoms with Gasteiger partial charge in [0.15, 0.2) is 0 Å². The number of benzene rings is 2. The zero-order chi connectivity index (χ0) is 21.4. The number of nitrogens with zero attached hydrogens (tertiary/aromatic N) is 1. The van der Waals surface area contributed by atoms with Crippen LogP contribution in [0.25, 0.3) is 0 Å². The van der Waals surface area contributed by atoms with E-state index in [-0.39, 0.29) is 30.6 Å². The minimum Gasteiger partial charge on any atom is -0.354 e. The van der Waals surface area contributed by atoms with E-state index >= 15 is 0 Å². The van der Waals surface area contributed by atoms with E-state index in [0.29, 0.717) is 6.54 Å². The van der Waals surface area contributed by atoms with Gasteiger partial charge in [0.05, 0.1) is 6.42 Å². The molecule has 0 bridgehead atoms. The van der Waals surface area contributed by atoms with Gasteiger partial charge in [-0.3, -0.25) is 9.59 Å². The van der Waals surface area contributed by atoms with E-state index in [2.05, 4.69) is 12.2 Å². The molecule has 1 N–H and O–H groups in total. The van der Waals surface area contributed by atoms with Crippen LogP contribution in [0, 0.1) is 19.7 Å². The first-order chi connectivity index (χ1) is 13.8. The van der Waals surface area contributed by atoms with Gasteiger partial charge in [0.1, 0.15) is 11.9 Å². The highest BCUT2D eigenvalue weighted by molar-refractivity contribution is 5.88. The van der Waals surface area contributed by atoms with Gasteiger partial charge in [-0.1, -0.05) is 43.7 Å². The Morgan fingerprint density at radius 1 is 1.03 bits per heavy atom. The van der Waals surface area contributed by atoms with Gasteiger partial charge in [-0.25, -0.2) is 4.39 Å². The molecule has 0 aliphatic heterocycles. The summed E-state index contributed by atoms with van der Waals surface area (Å²) in [7, 11) is 0. The fourth-order valence-corrected chi connectivity index (χ4v) is 3.09. The number of amides is 2. The number of unbranched alkanes of at least 4 members (excludes halogenated alkanes) is 1. The van der Waals surface area contributed by atoms with E-state index in [1.807, 2.05) is 32.0 Å². The number of rotatable bonds is 9. The third kappa shape index (κ3) is 6.70. The Bertz CT molecular complexity index is 833. The first-order valence-corrected chi connectivity index (χ1v) is 10.2. The molecule has 0 fully saturated rings. The van der Waals surface area contributed by atoms with Crippen LogP contribution in [0.5, 0.6) is 0 Å². The summed E-state index contributed by atoms with van der Waals surface area (Å²) in [6, 6.07) is 11.4. The van der Waals surface area contributed by atoms with Crippen molar-refractivity contribution in [2.45, 2.75) is 59.5 Å². The zero-order valence-corrected chi connectivity index (χ0v) is 17.8. The Kier molecular flexibility index (Phi) is 8.37. The van der Waals surface area contributed by atoms with Gasteiger partial charge in [0.25, 0.3) is 0 Å².